The van der Waals surface area contributed by atoms with Gasteiger partial charge in [-0.25, -0.2) is 23.1 Å². The highest BCUT2D eigenvalue weighted by molar-refractivity contribution is 5.94. The summed E-state index contributed by atoms with van der Waals surface area (Å²) in [5.41, 5.74) is 2.10. The Morgan fingerprint density at radius 3 is 2.48 bits per heavy atom. The number of aromatic nitrogens is 2. The summed E-state index contributed by atoms with van der Waals surface area (Å²) in [5, 5.41) is 0. The predicted octanol–water partition coefficient (Wildman–Crippen LogP) is 3.76. The van der Waals surface area contributed by atoms with Gasteiger partial charge in [-0.1, -0.05) is 0 Å². The highest BCUT2D eigenvalue weighted by Crippen LogP contribution is 2.23. The summed E-state index contributed by atoms with van der Waals surface area (Å²) in [4.78, 5) is 22.8. The molecule has 7 heteroatoms. The van der Waals surface area contributed by atoms with Crippen molar-refractivity contribution in [1.82, 2.24) is 14.9 Å². The van der Waals surface area contributed by atoms with Crippen LogP contribution in [0.5, 0.6) is 0 Å². The van der Waals surface area contributed by atoms with Crippen LogP contribution in [0, 0.1) is 17.5 Å². The molecule has 0 unspecified atom stereocenters. The molecule has 1 aromatic heterocycles. The lowest BCUT2D eigenvalue weighted by Crippen LogP contribution is -2.37. The lowest BCUT2D eigenvalue weighted by molar-refractivity contribution is 0.0728. The highest BCUT2D eigenvalue weighted by atomic mass is 19.1. The van der Waals surface area contributed by atoms with Gasteiger partial charge in [0.05, 0.1) is 11.3 Å². The van der Waals surface area contributed by atoms with Crippen LogP contribution in [0.2, 0.25) is 0 Å². The lowest BCUT2D eigenvalue weighted by Gasteiger charge is -2.28. The number of benzene rings is 2. The Balaban J connectivity index is 1.56. The van der Waals surface area contributed by atoms with Crippen molar-refractivity contribution >= 4 is 5.91 Å². The van der Waals surface area contributed by atoms with Gasteiger partial charge in [0.15, 0.2) is 5.82 Å². The molecule has 0 fully saturated rings. The first-order valence-corrected chi connectivity index (χ1v) is 8.36. The number of nitrogens with zero attached hydrogens (tertiary/aromatic N) is 3. The van der Waals surface area contributed by atoms with E-state index in [1.54, 1.807) is 18.3 Å². The molecule has 0 bridgehead atoms. The molecule has 4 nitrogen and oxygen atoms in total. The first kappa shape index (κ1) is 17.2. The molecule has 0 atom stereocenters. The first-order valence-electron chi connectivity index (χ1n) is 8.36. The average molecular weight is 369 g/mol. The summed E-state index contributed by atoms with van der Waals surface area (Å²) in [7, 11) is 0. The van der Waals surface area contributed by atoms with E-state index < -0.39 is 17.5 Å². The van der Waals surface area contributed by atoms with Gasteiger partial charge in [0.1, 0.15) is 17.5 Å². The van der Waals surface area contributed by atoms with Crippen molar-refractivity contribution in [2.45, 2.75) is 13.0 Å². The third kappa shape index (κ3) is 3.40. The number of hydrogen-bond donors (Lipinski definition) is 0. The largest absolute Gasteiger partial charge is 0.334 e. The molecule has 27 heavy (non-hydrogen) atoms. The summed E-state index contributed by atoms with van der Waals surface area (Å²) in [5.74, 6) is -1.96. The minimum absolute atomic E-state index is 0.163. The normalized spacial score (nSPS) is 13.4. The molecule has 2 heterocycles. The Morgan fingerprint density at radius 2 is 1.74 bits per heavy atom. The van der Waals surface area contributed by atoms with Gasteiger partial charge in [0.2, 0.25) is 0 Å². The molecule has 0 saturated heterocycles. The third-order valence-electron chi connectivity index (χ3n) is 4.49. The maximum Gasteiger partial charge on any atom is 0.257 e. The standard InChI is InChI=1S/C20H14F3N3O/c21-14-3-1-12(2-4-14)19-24-10-13-11-26(8-7-18(13)25-19)20(27)16-6-5-15(22)9-17(16)23/h1-6,9-10H,7-8,11H2. The zero-order valence-corrected chi connectivity index (χ0v) is 14.1. The molecule has 4 rings (SSSR count). The van der Waals surface area contributed by atoms with Crippen molar-refractivity contribution in [2.24, 2.45) is 0 Å². The van der Waals surface area contributed by atoms with Crippen LogP contribution in [-0.2, 0) is 13.0 Å². The van der Waals surface area contributed by atoms with E-state index in [0.29, 0.717) is 30.4 Å². The Morgan fingerprint density at radius 1 is 1.00 bits per heavy atom. The molecule has 0 radical (unpaired) electrons. The summed E-state index contributed by atoms with van der Waals surface area (Å²) in [6, 6.07) is 8.80. The molecule has 0 spiro atoms. The van der Waals surface area contributed by atoms with Crippen molar-refractivity contribution < 1.29 is 18.0 Å². The molecule has 0 saturated carbocycles. The fourth-order valence-corrected chi connectivity index (χ4v) is 3.06. The number of amides is 1. The number of hydrogen-bond acceptors (Lipinski definition) is 3. The van der Waals surface area contributed by atoms with Crippen LogP contribution < -0.4 is 0 Å². The zero-order chi connectivity index (χ0) is 19.0. The molecule has 1 amide bonds. The second-order valence-corrected chi connectivity index (χ2v) is 6.27. The second-order valence-electron chi connectivity index (χ2n) is 6.27. The van der Waals surface area contributed by atoms with Crippen LogP contribution in [0.1, 0.15) is 21.6 Å². The molecule has 2 aromatic carbocycles. The van der Waals surface area contributed by atoms with E-state index in [2.05, 4.69) is 9.97 Å². The molecular weight excluding hydrogens is 355 g/mol. The molecule has 1 aliphatic heterocycles. The lowest BCUT2D eigenvalue weighted by atomic mass is 10.0. The van der Waals surface area contributed by atoms with Crippen LogP contribution in [-0.4, -0.2) is 27.3 Å². The van der Waals surface area contributed by atoms with Crippen molar-refractivity contribution in [3.05, 3.63) is 82.9 Å². The summed E-state index contributed by atoms with van der Waals surface area (Å²) in [6.45, 7) is 0.608. The number of carbonyl (C=O) groups excluding carboxylic acids is 1. The number of carbonyl (C=O) groups is 1. The van der Waals surface area contributed by atoms with Gasteiger partial charge in [-0.15, -0.1) is 0 Å². The smallest absolute Gasteiger partial charge is 0.257 e. The van der Waals surface area contributed by atoms with Gasteiger partial charge in [-0.05, 0) is 36.4 Å². The van der Waals surface area contributed by atoms with Gasteiger partial charge in [-0.2, -0.15) is 0 Å². The van der Waals surface area contributed by atoms with Gasteiger partial charge in [0, 0.05) is 42.9 Å². The van der Waals surface area contributed by atoms with E-state index in [1.807, 2.05) is 0 Å². The number of rotatable bonds is 2. The molecule has 136 valence electrons. The van der Waals surface area contributed by atoms with Crippen molar-refractivity contribution in [3.8, 4) is 11.4 Å². The van der Waals surface area contributed by atoms with E-state index in [1.165, 1.54) is 17.0 Å². The topological polar surface area (TPSA) is 46.1 Å². The predicted molar refractivity (Wildman–Crippen MR) is 92.2 cm³/mol. The van der Waals surface area contributed by atoms with Gasteiger partial charge in [0.25, 0.3) is 5.91 Å². The minimum atomic E-state index is -0.881. The van der Waals surface area contributed by atoms with Crippen LogP contribution in [0.3, 0.4) is 0 Å². The Kier molecular flexibility index (Phi) is 4.35. The fraction of sp³-hybridized carbons (Fsp3) is 0.150. The van der Waals surface area contributed by atoms with Crippen LogP contribution in [0.25, 0.3) is 11.4 Å². The first-order chi connectivity index (χ1) is 13.0. The average Bonchev–Trinajstić information content (AvgIpc) is 2.67. The maximum atomic E-state index is 13.9. The van der Waals surface area contributed by atoms with Crippen molar-refractivity contribution in [1.29, 1.82) is 0 Å². The van der Waals surface area contributed by atoms with Crippen molar-refractivity contribution in [3.63, 3.8) is 0 Å². The van der Waals surface area contributed by atoms with Crippen LogP contribution in [0.4, 0.5) is 13.2 Å². The molecule has 0 aliphatic carbocycles. The monoisotopic (exact) mass is 369 g/mol. The van der Waals surface area contributed by atoms with Crippen molar-refractivity contribution in [2.75, 3.05) is 6.54 Å². The van der Waals surface area contributed by atoms with E-state index >= 15 is 0 Å². The van der Waals surface area contributed by atoms with Crippen LogP contribution in [0.15, 0.2) is 48.7 Å². The van der Waals surface area contributed by atoms with E-state index in [4.69, 9.17) is 0 Å². The van der Waals surface area contributed by atoms with Gasteiger partial charge < -0.3 is 4.90 Å². The third-order valence-corrected chi connectivity index (χ3v) is 4.49. The Hall–Kier alpha value is -3.22. The highest BCUT2D eigenvalue weighted by Gasteiger charge is 2.25. The fourth-order valence-electron chi connectivity index (χ4n) is 3.06. The summed E-state index contributed by atoms with van der Waals surface area (Å²) in [6.07, 6.45) is 2.11. The molecular formula is C20H14F3N3O. The van der Waals surface area contributed by atoms with Crippen LogP contribution >= 0.6 is 0 Å². The number of fused-ring (bicyclic) bond motifs is 1. The Bertz CT molecular complexity index is 1020. The quantitative estimate of drug-likeness (QED) is 0.691. The van der Waals surface area contributed by atoms with Gasteiger partial charge in [-0.3, -0.25) is 4.79 Å². The molecule has 0 N–H and O–H groups in total. The zero-order valence-electron chi connectivity index (χ0n) is 14.1. The minimum Gasteiger partial charge on any atom is -0.334 e. The summed E-state index contributed by atoms with van der Waals surface area (Å²) >= 11 is 0. The van der Waals surface area contributed by atoms with E-state index in [-0.39, 0.29) is 17.9 Å². The molecule has 3 aromatic rings. The number of halogens is 3. The maximum absolute atomic E-state index is 13.9. The molecule has 1 aliphatic rings. The second kappa shape index (κ2) is 6.83. The van der Waals surface area contributed by atoms with E-state index in [9.17, 15) is 18.0 Å². The SMILES string of the molecule is O=C(c1ccc(F)cc1F)N1CCc2nc(-c3ccc(F)cc3)ncc2C1. The van der Waals surface area contributed by atoms with Gasteiger partial charge >= 0.3 is 0 Å². The van der Waals surface area contributed by atoms with E-state index in [0.717, 1.165) is 23.4 Å². The Labute approximate surface area is 153 Å². The summed E-state index contributed by atoms with van der Waals surface area (Å²) < 4.78 is 40.0.